The third-order valence-corrected chi connectivity index (χ3v) is 2.16. The van der Waals surface area contributed by atoms with E-state index >= 15 is 0 Å². The number of hydrogen-bond acceptors (Lipinski definition) is 3. The molecule has 5 nitrogen and oxygen atoms in total. The Balaban J connectivity index is 2.34. The minimum Gasteiger partial charge on any atom is -0.380 e. The number of carbonyl (C=O) groups excluding carboxylic acids is 1. The summed E-state index contributed by atoms with van der Waals surface area (Å²) in [5, 5.41) is 5.43. The highest BCUT2D eigenvalue weighted by molar-refractivity contribution is 5.89. The van der Waals surface area contributed by atoms with Crippen LogP contribution in [0.3, 0.4) is 0 Å². The Bertz CT molecular complexity index is 355. The van der Waals surface area contributed by atoms with Gasteiger partial charge in [-0.15, -0.1) is 0 Å². The topological polar surface area (TPSA) is 76.4 Å². The average Bonchev–Trinajstić information content (AvgIpc) is 2.35. The van der Waals surface area contributed by atoms with Crippen LogP contribution in [0.2, 0.25) is 0 Å². The molecule has 0 aliphatic rings. The van der Waals surface area contributed by atoms with Crippen molar-refractivity contribution >= 4 is 11.7 Å². The van der Waals surface area contributed by atoms with Crippen LogP contribution in [0.25, 0.3) is 0 Å². The SMILES string of the molecule is CCOCCNC(=O)Nc1cccc(CN)c1. The van der Waals surface area contributed by atoms with Crippen LogP contribution >= 0.6 is 0 Å². The van der Waals surface area contributed by atoms with Gasteiger partial charge in [-0.3, -0.25) is 0 Å². The number of urea groups is 1. The molecule has 94 valence electrons. The van der Waals surface area contributed by atoms with Crippen molar-refractivity contribution in [1.29, 1.82) is 0 Å². The molecule has 0 saturated heterocycles. The summed E-state index contributed by atoms with van der Waals surface area (Å²) in [6.45, 7) is 4.05. The van der Waals surface area contributed by atoms with Gasteiger partial charge in [0.1, 0.15) is 0 Å². The van der Waals surface area contributed by atoms with Gasteiger partial charge < -0.3 is 21.1 Å². The summed E-state index contributed by atoms with van der Waals surface area (Å²) in [6.07, 6.45) is 0. The van der Waals surface area contributed by atoms with Gasteiger partial charge in [-0.25, -0.2) is 4.79 Å². The molecule has 1 aromatic carbocycles. The molecule has 2 amide bonds. The lowest BCUT2D eigenvalue weighted by molar-refractivity contribution is 0.150. The lowest BCUT2D eigenvalue weighted by Crippen LogP contribution is -2.31. The van der Waals surface area contributed by atoms with Crippen LogP contribution in [-0.4, -0.2) is 25.8 Å². The maximum atomic E-state index is 11.5. The monoisotopic (exact) mass is 237 g/mol. The molecule has 0 heterocycles. The lowest BCUT2D eigenvalue weighted by atomic mass is 10.2. The first-order valence-electron chi connectivity index (χ1n) is 5.68. The van der Waals surface area contributed by atoms with Gasteiger partial charge in [-0.05, 0) is 24.6 Å². The van der Waals surface area contributed by atoms with Crippen LogP contribution in [0.15, 0.2) is 24.3 Å². The number of carbonyl (C=O) groups is 1. The van der Waals surface area contributed by atoms with Crippen molar-refractivity contribution < 1.29 is 9.53 Å². The Hall–Kier alpha value is -1.59. The highest BCUT2D eigenvalue weighted by Gasteiger charge is 2.00. The Morgan fingerprint density at radius 2 is 2.29 bits per heavy atom. The first kappa shape index (κ1) is 13.5. The fraction of sp³-hybridized carbons (Fsp3) is 0.417. The third kappa shape index (κ3) is 5.33. The van der Waals surface area contributed by atoms with Gasteiger partial charge in [0.05, 0.1) is 6.61 Å². The number of rotatable bonds is 6. The van der Waals surface area contributed by atoms with Crippen LogP contribution in [-0.2, 0) is 11.3 Å². The number of nitrogens with two attached hydrogens (primary N) is 1. The van der Waals surface area contributed by atoms with Crippen LogP contribution in [0.1, 0.15) is 12.5 Å². The molecule has 0 bridgehead atoms. The molecule has 1 aromatic rings. The van der Waals surface area contributed by atoms with E-state index in [9.17, 15) is 4.79 Å². The Morgan fingerprint density at radius 1 is 1.47 bits per heavy atom. The molecular formula is C12H19N3O2. The van der Waals surface area contributed by atoms with E-state index in [1.54, 1.807) is 0 Å². The van der Waals surface area contributed by atoms with E-state index in [-0.39, 0.29) is 6.03 Å². The molecule has 0 atom stereocenters. The van der Waals surface area contributed by atoms with Crippen molar-refractivity contribution in [1.82, 2.24) is 5.32 Å². The molecule has 17 heavy (non-hydrogen) atoms. The van der Waals surface area contributed by atoms with Crippen LogP contribution in [0.4, 0.5) is 10.5 Å². The molecule has 0 aromatic heterocycles. The molecule has 4 N–H and O–H groups in total. The van der Waals surface area contributed by atoms with Gasteiger partial charge in [0.2, 0.25) is 0 Å². The van der Waals surface area contributed by atoms with Gasteiger partial charge in [0.15, 0.2) is 0 Å². The molecule has 0 unspecified atom stereocenters. The maximum absolute atomic E-state index is 11.5. The minimum atomic E-state index is -0.237. The zero-order chi connectivity index (χ0) is 12.5. The van der Waals surface area contributed by atoms with Crippen molar-refractivity contribution in [2.75, 3.05) is 25.1 Å². The Labute approximate surface area is 101 Å². The number of ether oxygens (including phenoxy) is 1. The molecule has 0 spiro atoms. The predicted octanol–water partition coefficient (Wildman–Crippen LogP) is 1.30. The quantitative estimate of drug-likeness (QED) is 0.653. The van der Waals surface area contributed by atoms with Crippen molar-refractivity contribution in [2.45, 2.75) is 13.5 Å². The molecule has 0 aliphatic heterocycles. The fourth-order valence-corrected chi connectivity index (χ4v) is 1.33. The normalized spacial score (nSPS) is 10.0. The maximum Gasteiger partial charge on any atom is 0.319 e. The van der Waals surface area contributed by atoms with Crippen molar-refractivity contribution in [3.05, 3.63) is 29.8 Å². The zero-order valence-corrected chi connectivity index (χ0v) is 10.0. The summed E-state index contributed by atoms with van der Waals surface area (Å²) < 4.78 is 5.11. The van der Waals surface area contributed by atoms with E-state index < -0.39 is 0 Å². The summed E-state index contributed by atoms with van der Waals surface area (Å²) in [5.41, 5.74) is 7.24. The van der Waals surface area contributed by atoms with E-state index in [2.05, 4.69) is 10.6 Å². The first-order valence-corrected chi connectivity index (χ1v) is 5.68. The van der Waals surface area contributed by atoms with Gasteiger partial charge in [-0.1, -0.05) is 12.1 Å². The number of hydrogen-bond donors (Lipinski definition) is 3. The predicted molar refractivity (Wildman–Crippen MR) is 67.8 cm³/mol. The van der Waals surface area contributed by atoms with Crippen LogP contribution in [0.5, 0.6) is 0 Å². The standard InChI is InChI=1S/C12H19N3O2/c1-2-17-7-6-14-12(16)15-11-5-3-4-10(8-11)9-13/h3-5,8H,2,6-7,9,13H2,1H3,(H2,14,15,16). The molecule has 0 aliphatic carbocycles. The van der Waals surface area contributed by atoms with Crippen LogP contribution < -0.4 is 16.4 Å². The summed E-state index contributed by atoms with van der Waals surface area (Å²) in [4.78, 5) is 11.5. The Morgan fingerprint density at radius 3 is 3.00 bits per heavy atom. The smallest absolute Gasteiger partial charge is 0.319 e. The number of benzene rings is 1. The van der Waals surface area contributed by atoms with Gasteiger partial charge in [-0.2, -0.15) is 0 Å². The number of amides is 2. The summed E-state index contributed by atoms with van der Waals surface area (Å²) in [6, 6.07) is 7.21. The van der Waals surface area contributed by atoms with E-state index in [0.29, 0.717) is 26.3 Å². The fourth-order valence-electron chi connectivity index (χ4n) is 1.33. The van der Waals surface area contributed by atoms with E-state index in [1.165, 1.54) is 0 Å². The van der Waals surface area contributed by atoms with Gasteiger partial charge >= 0.3 is 6.03 Å². The summed E-state index contributed by atoms with van der Waals surface area (Å²) in [7, 11) is 0. The summed E-state index contributed by atoms with van der Waals surface area (Å²) >= 11 is 0. The third-order valence-electron chi connectivity index (χ3n) is 2.16. The molecule has 0 radical (unpaired) electrons. The first-order chi connectivity index (χ1) is 8.26. The minimum absolute atomic E-state index is 0.237. The van der Waals surface area contributed by atoms with Crippen molar-refractivity contribution in [2.24, 2.45) is 5.73 Å². The highest BCUT2D eigenvalue weighted by Crippen LogP contribution is 2.09. The second kappa shape index (κ2) is 7.65. The largest absolute Gasteiger partial charge is 0.380 e. The molecule has 1 rings (SSSR count). The van der Waals surface area contributed by atoms with E-state index in [4.69, 9.17) is 10.5 Å². The van der Waals surface area contributed by atoms with E-state index in [1.807, 2.05) is 31.2 Å². The Kier molecular flexibility index (Phi) is 6.06. The van der Waals surface area contributed by atoms with Gasteiger partial charge in [0, 0.05) is 25.4 Å². The number of nitrogens with one attached hydrogen (secondary N) is 2. The molecule has 5 heteroatoms. The highest BCUT2D eigenvalue weighted by atomic mass is 16.5. The lowest BCUT2D eigenvalue weighted by Gasteiger charge is -2.08. The average molecular weight is 237 g/mol. The van der Waals surface area contributed by atoms with Crippen LogP contribution in [0, 0.1) is 0 Å². The van der Waals surface area contributed by atoms with E-state index in [0.717, 1.165) is 11.3 Å². The zero-order valence-electron chi connectivity index (χ0n) is 10.0. The second-order valence-corrected chi connectivity index (χ2v) is 3.48. The number of anilines is 1. The van der Waals surface area contributed by atoms with Crippen molar-refractivity contribution in [3.63, 3.8) is 0 Å². The molecule has 0 fully saturated rings. The molecule has 0 saturated carbocycles. The van der Waals surface area contributed by atoms with Crippen molar-refractivity contribution in [3.8, 4) is 0 Å². The van der Waals surface area contributed by atoms with Gasteiger partial charge in [0.25, 0.3) is 0 Å². The molecular weight excluding hydrogens is 218 g/mol. The summed E-state index contributed by atoms with van der Waals surface area (Å²) in [5.74, 6) is 0. The second-order valence-electron chi connectivity index (χ2n) is 3.48.